The van der Waals surface area contributed by atoms with Crippen LogP contribution in [0.5, 0.6) is 0 Å². The van der Waals surface area contributed by atoms with Gasteiger partial charge in [0.05, 0.1) is 5.56 Å². The Bertz CT molecular complexity index is 1000. The van der Waals surface area contributed by atoms with Crippen LogP contribution in [0.3, 0.4) is 0 Å². The van der Waals surface area contributed by atoms with Crippen molar-refractivity contribution in [2.45, 2.75) is 63.7 Å². The van der Waals surface area contributed by atoms with Gasteiger partial charge in [0.2, 0.25) is 0 Å². The predicted octanol–water partition coefficient (Wildman–Crippen LogP) is 4.53. The van der Waals surface area contributed by atoms with Crippen molar-refractivity contribution in [1.82, 2.24) is 9.36 Å². The Morgan fingerprint density at radius 1 is 1.04 bits per heavy atom. The number of aliphatic carboxylic acids is 1. The summed E-state index contributed by atoms with van der Waals surface area (Å²) in [6.45, 7) is 0. The molecule has 0 aliphatic heterocycles. The zero-order valence-corrected chi connectivity index (χ0v) is 17.0. The summed E-state index contributed by atoms with van der Waals surface area (Å²) in [5.74, 6) is 0.173. The Kier molecular flexibility index (Phi) is 4.55. The second-order valence-electron chi connectivity index (χ2n) is 7.72. The van der Waals surface area contributed by atoms with Gasteiger partial charge in [0.15, 0.2) is 0 Å². The maximum atomic E-state index is 12.9. The standard InChI is InChI=1S/C20H21N3O3S2/c24-17(11-5-3-6-12(11)20(25)26)22-18-15(13-4-1-2-7-14(13)27-18)19-21-16(23-28-19)10-8-9-10/h10H,1-9H2,(H,22,24)(H,25,26). The molecule has 28 heavy (non-hydrogen) atoms. The first-order valence-electron chi connectivity index (χ1n) is 9.87. The van der Waals surface area contributed by atoms with Crippen molar-refractivity contribution < 1.29 is 14.7 Å². The fourth-order valence-electron chi connectivity index (χ4n) is 4.13. The number of nitrogens with one attached hydrogen (secondary N) is 1. The second-order valence-corrected chi connectivity index (χ2v) is 9.57. The van der Waals surface area contributed by atoms with Crippen LogP contribution in [0.2, 0.25) is 0 Å². The minimum Gasteiger partial charge on any atom is -0.478 e. The molecule has 2 aromatic heterocycles. The summed E-state index contributed by atoms with van der Waals surface area (Å²) >= 11 is 3.04. The molecule has 6 nitrogen and oxygen atoms in total. The van der Waals surface area contributed by atoms with Crippen molar-refractivity contribution in [1.29, 1.82) is 0 Å². The zero-order chi connectivity index (χ0) is 19.3. The predicted molar refractivity (Wildman–Crippen MR) is 109 cm³/mol. The van der Waals surface area contributed by atoms with Gasteiger partial charge in [0.1, 0.15) is 15.8 Å². The van der Waals surface area contributed by atoms with Crippen molar-refractivity contribution in [3.05, 3.63) is 27.4 Å². The lowest BCUT2D eigenvalue weighted by Gasteiger charge is -2.11. The molecule has 8 heteroatoms. The lowest BCUT2D eigenvalue weighted by molar-refractivity contribution is -0.133. The quantitative estimate of drug-likeness (QED) is 0.749. The van der Waals surface area contributed by atoms with Crippen LogP contribution in [0, 0.1) is 0 Å². The van der Waals surface area contributed by atoms with Crippen LogP contribution >= 0.6 is 22.9 Å². The molecule has 0 bridgehead atoms. The molecule has 1 amide bonds. The van der Waals surface area contributed by atoms with Gasteiger partial charge in [0.25, 0.3) is 5.91 Å². The normalized spacial score (nSPS) is 19.0. The number of carboxylic acid groups (broad SMARTS) is 1. The highest BCUT2D eigenvalue weighted by Gasteiger charge is 2.31. The van der Waals surface area contributed by atoms with E-state index in [9.17, 15) is 14.7 Å². The molecular weight excluding hydrogens is 394 g/mol. The number of thiophene rings is 1. The number of nitrogens with zero attached hydrogens (tertiary/aromatic N) is 2. The molecule has 1 saturated carbocycles. The fourth-order valence-corrected chi connectivity index (χ4v) is 6.30. The van der Waals surface area contributed by atoms with E-state index in [0.29, 0.717) is 24.3 Å². The summed E-state index contributed by atoms with van der Waals surface area (Å²) in [5, 5.41) is 14.1. The van der Waals surface area contributed by atoms with Gasteiger partial charge in [-0.05, 0) is 74.9 Å². The smallest absolute Gasteiger partial charge is 0.332 e. The summed E-state index contributed by atoms with van der Waals surface area (Å²) in [5.41, 5.74) is 2.99. The topological polar surface area (TPSA) is 92.2 Å². The number of amides is 1. The van der Waals surface area contributed by atoms with E-state index in [-0.39, 0.29) is 11.5 Å². The van der Waals surface area contributed by atoms with Gasteiger partial charge >= 0.3 is 5.97 Å². The number of rotatable bonds is 5. The first-order chi connectivity index (χ1) is 13.6. The summed E-state index contributed by atoms with van der Waals surface area (Å²) < 4.78 is 4.55. The number of fused-ring (bicyclic) bond motifs is 1. The van der Waals surface area contributed by atoms with E-state index < -0.39 is 5.97 Å². The molecule has 0 spiro atoms. The van der Waals surface area contributed by atoms with Gasteiger partial charge in [-0.25, -0.2) is 9.78 Å². The third kappa shape index (κ3) is 3.18. The summed E-state index contributed by atoms with van der Waals surface area (Å²) in [4.78, 5) is 30.4. The lowest BCUT2D eigenvalue weighted by atomic mass is 9.95. The van der Waals surface area contributed by atoms with Crippen LogP contribution in [-0.2, 0) is 22.4 Å². The van der Waals surface area contributed by atoms with Gasteiger partial charge in [-0.2, -0.15) is 4.37 Å². The van der Waals surface area contributed by atoms with Crippen molar-refractivity contribution in [3.8, 4) is 10.6 Å². The van der Waals surface area contributed by atoms with E-state index >= 15 is 0 Å². The van der Waals surface area contributed by atoms with Crippen LogP contribution in [0.15, 0.2) is 11.1 Å². The highest BCUT2D eigenvalue weighted by Crippen LogP contribution is 2.47. The molecule has 0 atom stereocenters. The van der Waals surface area contributed by atoms with Crippen LogP contribution in [-0.4, -0.2) is 26.3 Å². The van der Waals surface area contributed by atoms with Crippen LogP contribution in [0.1, 0.15) is 67.1 Å². The summed E-state index contributed by atoms with van der Waals surface area (Å²) in [6.07, 6.45) is 8.37. The second kappa shape index (κ2) is 7.08. The minimum atomic E-state index is -0.980. The summed E-state index contributed by atoms with van der Waals surface area (Å²) in [6, 6.07) is 0. The molecule has 3 aliphatic rings. The van der Waals surface area contributed by atoms with E-state index in [1.165, 1.54) is 22.0 Å². The molecule has 2 aromatic rings. The van der Waals surface area contributed by atoms with Gasteiger partial charge in [0, 0.05) is 21.9 Å². The molecule has 0 unspecified atom stereocenters. The Hall–Kier alpha value is -2.06. The highest BCUT2D eigenvalue weighted by atomic mass is 32.1. The average Bonchev–Trinajstić information content (AvgIpc) is 3.10. The van der Waals surface area contributed by atoms with Crippen molar-refractivity contribution >= 4 is 39.7 Å². The molecule has 1 fully saturated rings. The number of carbonyl (C=O) groups excluding carboxylic acids is 1. The van der Waals surface area contributed by atoms with E-state index in [0.717, 1.165) is 66.3 Å². The third-order valence-electron chi connectivity index (χ3n) is 5.75. The third-order valence-corrected chi connectivity index (χ3v) is 7.70. The van der Waals surface area contributed by atoms with E-state index in [4.69, 9.17) is 4.98 Å². The number of carboxylic acids is 1. The molecule has 3 aliphatic carbocycles. The largest absolute Gasteiger partial charge is 0.478 e. The first-order valence-corrected chi connectivity index (χ1v) is 11.5. The molecule has 5 rings (SSSR count). The van der Waals surface area contributed by atoms with Gasteiger partial charge in [-0.3, -0.25) is 4.79 Å². The van der Waals surface area contributed by atoms with E-state index in [1.54, 1.807) is 11.3 Å². The maximum absolute atomic E-state index is 12.9. The van der Waals surface area contributed by atoms with Crippen molar-refractivity contribution in [2.24, 2.45) is 0 Å². The molecule has 146 valence electrons. The maximum Gasteiger partial charge on any atom is 0.332 e. The number of carbonyl (C=O) groups is 2. The average molecular weight is 416 g/mol. The van der Waals surface area contributed by atoms with E-state index in [2.05, 4.69) is 9.69 Å². The van der Waals surface area contributed by atoms with E-state index in [1.807, 2.05) is 0 Å². The summed E-state index contributed by atoms with van der Waals surface area (Å²) in [7, 11) is 0. The highest BCUT2D eigenvalue weighted by molar-refractivity contribution is 7.18. The zero-order valence-electron chi connectivity index (χ0n) is 15.4. The number of hydrogen-bond acceptors (Lipinski definition) is 6. The molecule has 2 N–H and O–H groups in total. The molecule has 0 radical (unpaired) electrons. The van der Waals surface area contributed by atoms with Crippen molar-refractivity contribution in [3.63, 3.8) is 0 Å². The first kappa shape index (κ1) is 18.0. The Balaban J connectivity index is 1.52. The Morgan fingerprint density at radius 2 is 1.82 bits per heavy atom. The van der Waals surface area contributed by atoms with Crippen molar-refractivity contribution in [2.75, 3.05) is 5.32 Å². The van der Waals surface area contributed by atoms with Gasteiger partial charge < -0.3 is 10.4 Å². The number of hydrogen-bond donors (Lipinski definition) is 2. The van der Waals surface area contributed by atoms with Crippen LogP contribution in [0.25, 0.3) is 10.6 Å². The number of anilines is 1. The number of aryl methyl sites for hydroxylation is 1. The molecule has 0 aromatic carbocycles. The monoisotopic (exact) mass is 415 g/mol. The number of aromatic nitrogens is 2. The molecule has 0 saturated heterocycles. The van der Waals surface area contributed by atoms with Gasteiger partial charge in [-0.1, -0.05) is 0 Å². The molecule has 2 heterocycles. The van der Waals surface area contributed by atoms with Crippen LogP contribution in [0.4, 0.5) is 5.00 Å². The van der Waals surface area contributed by atoms with Crippen LogP contribution < -0.4 is 5.32 Å². The Morgan fingerprint density at radius 3 is 2.61 bits per heavy atom. The minimum absolute atomic E-state index is 0.257. The molecular formula is C20H21N3O3S2. The van der Waals surface area contributed by atoms with Gasteiger partial charge in [-0.15, -0.1) is 11.3 Å². The SMILES string of the molecule is O=C(O)C1=C(C(=O)Nc2sc3c(c2-c2nc(C4CC4)ns2)CCCC3)CCC1. The Labute approximate surface area is 170 Å². The fraction of sp³-hybridized carbons (Fsp3) is 0.500. The lowest BCUT2D eigenvalue weighted by Crippen LogP contribution is -2.16.